The molecule has 4 heteroatoms. The maximum Gasteiger partial charge on any atom is 0.163 e. The standard InChI is InChI=1S/C12H15N3O/c1-8(2)10-4-9(3)14-11(15-10)12(5-13)6-16-7-12/h4,8H,6-7H2,1-3H3. The van der Waals surface area contributed by atoms with E-state index in [-0.39, 0.29) is 0 Å². The van der Waals surface area contributed by atoms with E-state index in [1.165, 1.54) is 0 Å². The second kappa shape index (κ2) is 3.84. The van der Waals surface area contributed by atoms with E-state index in [0.717, 1.165) is 11.4 Å². The molecular weight excluding hydrogens is 202 g/mol. The fraction of sp³-hybridized carbons (Fsp3) is 0.583. The maximum atomic E-state index is 9.20. The average molecular weight is 217 g/mol. The molecule has 0 saturated carbocycles. The van der Waals surface area contributed by atoms with Gasteiger partial charge in [0, 0.05) is 11.4 Å². The first-order chi connectivity index (χ1) is 7.57. The summed E-state index contributed by atoms with van der Waals surface area (Å²) in [4.78, 5) is 8.85. The Morgan fingerprint density at radius 3 is 2.56 bits per heavy atom. The van der Waals surface area contributed by atoms with Gasteiger partial charge in [0.15, 0.2) is 11.2 Å². The van der Waals surface area contributed by atoms with E-state index in [1.807, 2.05) is 13.0 Å². The van der Waals surface area contributed by atoms with Gasteiger partial charge in [-0.25, -0.2) is 9.97 Å². The van der Waals surface area contributed by atoms with E-state index in [0.29, 0.717) is 25.0 Å². The zero-order chi connectivity index (χ0) is 11.8. The van der Waals surface area contributed by atoms with Crippen LogP contribution >= 0.6 is 0 Å². The van der Waals surface area contributed by atoms with Gasteiger partial charge < -0.3 is 4.74 Å². The van der Waals surface area contributed by atoms with Crippen molar-refractivity contribution in [2.75, 3.05) is 13.2 Å². The van der Waals surface area contributed by atoms with Crippen LogP contribution in [0.15, 0.2) is 6.07 Å². The Bertz CT molecular complexity index is 444. The lowest BCUT2D eigenvalue weighted by molar-refractivity contribution is -0.0340. The molecule has 0 spiro atoms. The number of ether oxygens (including phenoxy) is 1. The molecule has 1 aliphatic rings. The monoisotopic (exact) mass is 217 g/mol. The van der Waals surface area contributed by atoms with Crippen molar-refractivity contribution in [2.24, 2.45) is 0 Å². The molecule has 0 aliphatic carbocycles. The first-order valence-corrected chi connectivity index (χ1v) is 5.42. The van der Waals surface area contributed by atoms with Crippen LogP contribution < -0.4 is 0 Å². The summed E-state index contributed by atoms with van der Waals surface area (Å²) in [7, 11) is 0. The normalized spacial score (nSPS) is 17.9. The number of aryl methyl sites for hydroxylation is 1. The number of rotatable bonds is 2. The average Bonchev–Trinajstić information content (AvgIpc) is 2.16. The van der Waals surface area contributed by atoms with Crippen LogP contribution in [-0.2, 0) is 10.2 Å². The molecule has 0 radical (unpaired) electrons. The molecule has 0 bridgehead atoms. The molecule has 2 heterocycles. The zero-order valence-corrected chi connectivity index (χ0v) is 9.82. The first kappa shape index (κ1) is 11.0. The molecule has 0 amide bonds. The van der Waals surface area contributed by atoms with Crippen LogP contribution in [0.1, 0.15) is 37.0 Å². The van der Waals surface area contributed by atoms with Gasteiger partial charge in [0.25, 0.3) is 0 Å². The van der Waals surface area contributed by atoms with E-state index in [2.05, 4.69) is 29.9 Å². The molecule has 1 aromatic rings. The van der Waals surface area contributed by atoms with Gasteiger partial charge in [-0.15, -0.1) is 0 Å². The summed E-state index contributed by atoms with van der Waals surface area (Å²) in [5, 5.41) is 9.20. The third kappa shape index (κ3) is 1.68. The van der Waals surface area contributed by atoms with E-state index in [4.69, 9.17) is 4.74 Å². The van der Waals surface area contributed by atoms with Crippen molar-refractivity contribution in [1.29, 1.82) is 5.26 Å². The molecular formula is C12H15N3O. The molecule has 2 rings (SSSR count). The minimum absolute atomic E-state index is 0.345. The van der Waals surface area contributed by atoms with Crippen molar-refractivity contribution < 1.29 is 4.74 Å². The Morgan fingerprint density at radius 1 is 1.44 bits per heavy atom. The second-order valence-electron chi connectivity index (χ2n) is 4.60. The van der Waals surface area contributed by atoms with Gasteiger partial charge in [0.1, 0.15) is 0 Å². The number of nitrogens with zero attached hydrogens (tertiary/aromatic N) is 3. The van der Waals surface area contributed by atoms with Crippen molar-refractivity contribution in [1.82, 2.24) is 9.97 Å². The summed E-state index contributed by atoms with van der Waals surface area (Å²) in [5.74, 6) is 0.960. The lowest BCUT2D eigenvalue weighted by Crippen LogP contribution is -2.47. The number of aromatic nitrogens is 2. The quantitative estimate of drug-likeness (QED) is 0.756. The summed E-state index contributed by atoms with van der Waals surface area (Å²) >= 11 is 0. The van der Waals surface area contributed by atoms with Gasteiger partial charge in [-0.3, -0.25) is 0 Å². The Labute approximate surface area is 95.3 Å². The fourth-order valence-corrected chi connectivity index (χ4v) is 1.65. The van der Waals surface area contributed by atoms with Crippen LogP contribution in [0, 0.1) is 18.3 Å². The van der Waals surface area contributed by atoms with Gasteiger partial charge in [-0.05, 0) is 18.9 Å². The molecule has 0 aromatic carbocycles. The Kier molecular flexibility index (Phi) is 2.64. The van der Waals surface area contributed by atoms with Gasteiger partial charge in [-0.1, -0.05) is 13.8 Å². The molecule has 84 valence electrons. The molecule has 16 heavy (non-hydrogen) atoms. The molecule has 0 atom stereocenters. The second-order valence-corrected chi connectivity index (χ2v) is 4.60. The fourth-order valence-electron chi connectivity index (χ4n) is 1.65. The minimum Gasteiger partial charge on any atom is -0.377 e. The van der Waals surface area contributed by atoms with E-state index in [9.17, 15) is 5.26 Å². The van der Waals surface area contributed by atoms with Gasteiger partial charge in [0.05, 0.1) is 19.3 Å². The van der Waals surface area contributed by atoms with Gasteiger partial charge >= 0.3 is 0 Å². The van der Waals surface area contributed by atoms with Crippen molar-refractivity contribution >= 4 is 0 Å². The molecule has 1 fully saturated rings. The third-order valence-corrected chi connectivity index (χ3v) is 2.80. The van der Waals surface area contributed by atoms with Crippen LogP contribution in [0.2, 0.25) is 0 Å². The van der Waals surface area contributed by atoms with Gasteiger partial charge in [-0.2, -0.15) is 5.26 Å². The Balaban J connectivity index is 2.45. The first-order valence-electron chi connectivity index (χ1n) is 5.42. The third-order valence-electron chi connectivity index (χ3n) is 2.80. The lowest BCUT2D eigenvalue weighted by atomic mass is 9.86. The van der Waals surface area contributed by atoms with Crippen molar-refractivity contribution in [3.8, 4) is 6.07 Å². The molecule has 1 aromatic heterocycles. The number of hydrogen-bond acceptors (Lipinski definition) is 4. The van der Waals surface area contributed by atoms with E-state index >= 15 is 0 Å². The van der Waals surface area contributed by atoms with Crippen LogP contribution in [-0.4, -0.2) is 23.2 Å². The largest absolute Gasteiger partial charge is 0.377 e. The predicted molar refractivity (Wildman–Crippen MR) is 59.0 cm³/mol. The van der Waals surface area contributed by atoms with Gasteiger partial charge in [0.2, 0.25) is 0 Å². The van der Waals surface area contributed by atoms with Crippen LogP contribution in [0.4, 0.5) is 0 Å². The van der Waals surface area contributed by atoms with Crippen LogP contribution in [0.25, 0.3) is 0 Å². The summed E-state index contributed by atoms with van der Waals surface area (Å²) in [5.41, 5.74) is 1.29. The Hall–Kier alpha value is -1.47. The molecule has 0 N–H and O–H groups in total. The number of hydrogen-bond donors (Lipinski definition) is 0. The summed E-state index contributed by atoms with van der Waals surface area (Å²) in [6.45, 7) is 6.92. The molecule has 4 nitrogen and oxygen atoms in total. The number of nitriles is 1. The SMILES string of the molecule is Cc1cc(C(C)C)nc(C2(C#N)COC2)n1. The molecule has 1 saturated heterocycles. The van der Waals surface area contributed by atoms with Crippen molar-refractivity contribution in [3.05, 3.63) is 23.3 Å². The van der Waals surface area contributed by atoms with Crippen molar-refractivity contribution in [2.45, 2.75) is 32.1 Å². The Morgan fingerprint density at radius 2 is 2.12 bits per heavy atom. The smallest absolute Gasteiger partial charge is 0.163 e. The van der Waals surface area contributed by atoms with Crippen LogP contribution in [0.5, 0.6) is 0 Å². The minimum atomic E-state index is -0.615. The lowest BCUT2D eigenvalue weighted by Gasteiger charge is -2.33. The van der Waals surface area contributed by atoms with Crippen molar-refractivity contribution in [3.63, 3.8) is 0 Å². The highest BCUT2D eigenvalue weighted by Crippen LogP contribution is 2.30. The highest BCUT2D eigenvalue weighted by molar-refractivity contribution is 5.27. The molecule has 0 unspecified atom stereocenters. The van der Waals surface area contributed by atoms with E-state index in [1.54, 1.807) is 0 Å². The molecule has 1 aliphatic heterocycles. The van der Waals surface area contributed by atoms with E-state index < -0.39 is 5.41 Å². The highest BCUT2D eigenvalue weighted by atomic mass is 16.5. The zero-order valence-electron chi connectivity index (χ0n) is 9.82. The highest BCUT2D eigenvalue weighted by Gasteiger charge is 2.44. The van der Waals surface area contributed by atoms with Crippen LogP contribution in [0.3, 0.4) is 0 Å². The maximum absolute atomic E-state index is 9.20. The topological polar surface area (TPSA) is 58.8 Å². The summed E-state index contributed by atoms with van der Waals surface area (Å²) in [6.07, 6.45) is 0. The summed E-state index contributed by atoms with van der Waals surface area (Å²) < 4.78 is 5.12. The predicted octanol–water partition coefficient (Wildman–Crippen LogP) is 1.70. The summed E-state index contributed by atoms with van der Waals surface area (Å²) in [6, 6.07) is 4.25.